The Kier molecular flexibility index (Phi) is 10.3. The number of anilines is 1. The molecular formula is C15H25IN4O2. The maximum Gasteiger partial charge on any atom is 0.221 e. The van der Waals surface area contributed by atoms with Crippen LogP contribution < -0.4 is 15.8 Å². The highest BCUT2D eigenvalue weighted by atomic mass is 127. The Labute approximate surface area is 149 Å². The molecule has 0 aliphatic carbocycles. The number of ether oxygens (including phenoxy) is 1. The van der Waals surface area contributed by atoms with Crippen molar-refractivity contribution in [2.24, 2.45) is 10.7 Å². The lowest BCUT2D eigenvalue weighted by Crippen LogP contribution is -2.37. The minimum Gasteiger partial charge on any atom is -0.492 e. The lowest BCUT2D eigenvalue weighted by molar-refractivity contribution is -0.114. The third kappa shape index (κ3) is 7.48. The van der Waals surface area contributed by atoms with Crippen LogP contribution in [0.5, 0.6) is 5.75 Å². The number of amides is 1. The second-order valence-corrected chi connectivity index (χ2v) is 4.47. The molecule has 0 aliphatic rings. The van der Waals surface area contributed by atoms with Gasteiger partial charge in [0.1, 0.15) is 12.4 Å². The molecule has 1 amide bonds. The topological polar surface area (TPSA) is 79.9 Å². The Hall–Kier alpha value is -1.51. The molecule has 0 saturated carbocycles. The fourth-order valence-electron chi connectivity index (χ4n) is 1.84. The lowest BCUT2D eigenvalue weighted by atomic mass is 10.3. The Balaban J connectivity index is 0.00000441. The molecule has 6 nitrogen and oxygen atoms in total. The van der Waals surface area contributed by atoms with Crippen LogP contribution in [0, 0.1) is 0 Å². The summed E-state index contributed by atoms with van der Waals surface area (Å²) in [5.74, 6) is 1.12. The molecule has 3 N–H and O–H groups in total. The Bertz CT molecular complexity index is 490. The van der Waals surface area contributed by atoms with Gasteiger partial charge in [-0.1, -0.05) is 6.07 Å². The van der Waals surface area contributed by atoms with E-state index in [-0.39, 0.29) is 29.9 Å². The number of nitrogens with one attached hydrogen (secondary N) is 1. The van der Waals surface area contributed by atoms with E-state index in [9.17, 15) is 4.79 Å². The summed E-state index contributed by atoms with van der Waals surface area (Å²) in [6, 6.07) is 7.25. The summed E-state index contributed by atoms with van der Waals surface area (Å²) in [7, 11) is 0. The molecule has 22 heavy (non-hydrogen) atoms. The van der Waals surface area contributed by atoms with Crippen molar-refractivity contribution in [3.8, 4) is 5.75 Å². The van der Waals surface area contributed by atoms with E-state index < -0.39 is 0 Å². The van der Waals surface area contributed by atoms with Gasteiger partial charge in [-0.05, 0) is 26.0 Å². The van der Waals surface area contributed by atoms with Gasteiger partial charge < -0.3 is 20.7 Å². The SMILES string of the molecule is CCN(CC)C(N)=NCCOc1cccc(NC(C)=O)c1.I. The van der Waals surface area contributed by atoms with Crippen LogP contribution in [0.15, 0.2) is 29.3 Å². The van der Waals surface area contributed by atoms with Gasteiger partial charge in [-0.2, -0.15) is 0 Å². The van der Waals surface area contributed by atoms with Crippen LogP contribution >= 0.6 is 24.0 Å². The number of carbonyl (C=O) groups excluding carboxylic acids is 1. The van der Waals surface area contributed by atoms with E-state index in [1.54, 1.807) is 6.07 Å². The summed E-state index contributed by atoms with van der Waals surface area (Å²) >= 11 is 0. The van der Waals surface area contributed by atoms with Crippen LogP contribution in [0.1, 0.15) is 20.8 Å². The summed E-state index contributed by atoms with van der Waals surface area (Å²) in [5, 5.41) is 2.71. The highest BCUT2D eigenvalue weighted by Crippen LogP contribution is 2.17. The van der Waals surface area contributed by atoms with E-state index in [4.69, 9.17) is 10.5 Å². The van der Waals surface area contributed by atoms with Crippen LogP contribution in [0.2, 0.25) is 0 Å². The number of halogens is 1. The highest BCUT2D eigenvalue weighted by molar-refractivity contribution is 14.0. The maximum absolute atomic E-state index is 11.0. The average Bonchev–Trinajstić information content (AvgIpc) is 2.44. The fourth-order valence-corrected chi connectivity index (χ4v) is 1.84. The Morgan fingerprint density at radius 1 is 1.36 bits per heavy atom. The Morgan fingerprint density at radius 3 is 2.64 bits per heavy atom. The molecule has 1 aromatic rings. The summed E-state index contributed by atoms with van der Waals surface area (Å²) in [4.78, 5) is 17.3. The molecule has 0 unspecified atom stereocenters. The first-order valence-electron chi connectivity index (χ1n) is 7.12. The molecule has 124 valence electrons. The number of nitrogens with zero attached hydrogens (tertiary/aromatic N) is 2. The number of rotatable bonds is 7. The third-order valence-electron chi connectivity index (χ3n) is 2.88. The smallest absolute Gasteiger partial charge is 0.221 e. The standard InChI is InChI=1S/C15H24N4O2.HI/c1-4-19(5-2)15(16)17-9-10-21-14-8-6-7-13(11-14)18-12(3)20;/h6-8,11H,4-5,9-10H2,1-3H3,(H2,16,17)(H,18,20);1H. The van der Waals surface area contributed by atoms with Gasteiger partial charge in [0.15, 0.2) is 5.96 Å². The predicted octanol–water partition coefficient (Wildman–Crippen LogP) is 2.30. The van der Waals surface area contributed by atoms with Crippen molar-refractivity contribution < 1.29 is 9.53 Å². The van der Waals surface area contributed by atoms with Crippen LogP contribution in [-0.2, 0) is 4.79 Å². The van der Waals surface area contributed by atoms with Gasteiger partial charge in [0.2, 0.25) is 5.91 Å². The summed E-state index contributed by atoms with van der Waals surface area (Å²) < 4.78 is 5.59. The molecule has 0 spiro atoms. The van der Waals surface area contributed by atoms with Crippen LogP contribution in [0.25, 0.3) is 0 Å². The molecular weight excluding hydrogens is 395 g/mol. The first kappa shape index (κ1) is 20.5. The average molecular weight is 420 g/mol. The van der Waals surface area contributed by atoms with Crippen molar-refractivity contribution in [2.75, 3.05) is 31.6 Å². The monoisotopic (exact) mass is 420 g/mol. The van der Waals surface area contributed by atoms with E-state index in [2.05, 4.69) is 10.3 Å². The number of hydrogen-bond acceptors (Lipinski definition) is 3. The van der Waals surface area contributed by atoms with Gasteiger partial charge in [-0.15, -0.1) is 24.0 Å². The van der Waals surface area contributed by atoms with Gasteiger partial charge in [0, 0.05) is 31.8 Å². The zero-order valence-corrected chi connectivity index (χ0v) is 15.7. The zero-order chi connectivity index (χ0) is 15.7. The van der Waals surface area contributed by atoms with Crippen LogP contribution in [-0.4, -0.2) is 43.0 Å². The normalized spacial score (nSPS) is 10.6. The van der Waals surface area contributed by atoms with Gasteiger partial charge in [0.25, 0.3) is 0 Å². The molecule has 1 rings (SSSR count). The quantitative estimate of drug-likeness (QED) is 0.307. The van der Waals surface area contributed by atoms with Crippen molar-refractivity contribution in [1.82, 2.24) is 4.90 Å². The summed E-state index contributed by atoms with van der Waals surface area (Å²) in [6.07, 6.45) is 0. The molecule has 0 radical (unpaired) electrons. The van der Waals surface area contributed by atoms with Crippen molar-refractivity contribution in [2.45, 2.75) is 20.8 Å². The highest BCUT2D eigenvalue weighted by Gasteiger charge is 2.02. The first-order valence-corrected chi connectivity index (χ1v) is 7.12. The largest absolute Gasteiger partial charge is 0.492 e. The fraction of sp³-hybridized carbons (Fsp3) is 0.467. The van der Waals surface area contributed by atoms with Gasteiger partial charge in [-0.25, -0.2) is 4.99 Å². The molecule has 0 bridgehead atoms. The summed E-state index contributed by atoms with van der Waals surface area (Å²) in [6.45, 7) is 8.15. The predicted molar refractivity (Wildman–Crippen MR) is 101 cm³/mol. The van der Waals surface area contributed by atoms with Crippen molar-refractivity contribution in [3.63, 3.8) is 0 Å². The van der Waals surface area contributed by atoms with Gasteiger partial charge >= 0.3 is 0 Å². The van der Waals surface area contributed by atoms with E-state index in [0.29, 0.717) is 30.5 Å². The second kappa shape index (κ2) is 11.1. The van der Waals surface area contributed by atoms with E-state index in [0.717, 1.165) is 13.1 Å². The summed E-state index contributed by atoms with van der Waals surface area (Å²) in [5.41, 5.74) is 6.58. The number of hydrogen-bond donors (Lipinski definition) is 2. The van der Waals surface area contributed by atoms with Crippen molar-refractivity contribution in [1.29, 1.82) is 0 Å². The lowest BCUT2D eigenvalue weighted by Gasteiger charge is -2.19. The minimum absolute atomic E-state index is 0. The zero-order valence-electron chi connectivity index (χ0n) is 13.3. The van der Waals surface area contributed by atoms with Crippen LogP contribution in [0.3, 0.4) is 0 Å². The second-order valence-electron chi connectivity index (χ2n) is 4.47. The molecule has 0 saturated heterocycles. The molecule has 0 atom stereocenters. The number of aliphatic imine (C=N–C) groups is 1. The van der Waals surface area contributed by atoms with E-state index in [1.165, 1.54) is 6.92 Å². The third-order valence-corrected chi connectivity index (χ3v) is 2.88. The molecule has 0 heterocycles. The van der Waals surface area contributed by atoms with Gasteiger partial charge in [-0.3, -0.25) is 4.79 Å². The first-order chi connectivity index (χ1) is 10.1. The van der Waals surface area contributed by atoms with Crippen LogP contribution in [0.4, 0.5) is 5.69 Å². The van der Waals surface area contributed by atoms with E-state index >= 15 is 0 Å². The number of guanidine groups is 1. The Morgan fingerprint density at radius 2 is 2.05 bits per heavy atom. The number of benzene rings is 1. The number of nitrogens with two attached hydrogens (primary N) is 1. The molecule has 7 heteroatoms. The van der Waals surface area contributed by atoms with Crippen molar-refractivity contribution >= 4 is 41.5 Å². The molecule has 0 fully saturated rings. The number of carbonyl (C=O) groups is 1. The molecule has 0 aliphatic heterocycles. The van der Waals surface area contributed by atoms with Gasteiger partial charge in [0.05, 0.1) is 6.54 Å². The molecule has 1 aromatic carbocycles. The molecule has 0 aromatic heterocycles. The minimum atomic E-state index is -0.108. The van der Waals surface area contributed by atoms with E-state index in [1.807, 2.05) is 36.9 Å². The van der Waals surface area contributed by atoms with Crippen molar-refractivity contribution in [3.05, 3.63) is 24.3 Å². The maximum atomic E-state index is 11.0.